The fourth-order valence-corrected chi connectivity index (χ4v) is 5.27. The number of benzene rings is 3. The van der Waals surface area contributed by atoms with E-state index in [2.05, 4.69) is 66.5 Å². The molecule has 188 valence electrons. The number of carbonyl (C=O) groups is 2. The van der Waals surface area contributed by atoms with Crippen molar-refractivity contribution < 1.29 is 14.3 Å². The Hall–Kier alpha value is -3.45. The lowest BCUT2D eigenvalue weighted by Crippen LogP contribution is -2.49. The van der Waals surface area contributed by atoms with Crippen molar-refractivity contribution in [2.45, 2.75) is 30.1 Å². The van der Waals surface area contributed by atoms with E-state index < -0.39 is 0 Å². The Morgan fingerprint density at radius 1 is 0.889 bits per heavy atom. The Balaban J connectivity index is 1.22. The molecule has 0 radical (unpaired) electrons. The molecule has 1 aliphatic heterocycles. The summed E-state index contributed by atoms with van der Waals surface area (Å²) in [5.41, 5.74) is 4.69. The number of hydrogen-bond acceptors (Lipinski definition) is 5. The van der Waals surface area contributed by atoms with Gasteiger partial charge in [0.1, 0.15) is 6.61 Å². The van der Waals surface area contributed by atoms with Gasteiger partial charge in [-0.05, 0) is 43.2 Å². The molecule has 1 heterocycles. The molecule has 2 amide bonds. The van der Waals surface area contributed by atoms with Crippen molar-refractivity contribution in [2.24, 2.45) is 0 Å². The fourth-order valence-electron chi connectivity index (χ4n) is 4.23. The molecule has 0 bridgehead atoms. The minimum atomic E-state index is -0.329. The van der Waals surface area contributed by atoms with Crippen molar-refractivity contribution in [1.82, 2.24) is 10.2 Å². The molecule has 7 heteroatoms. The summed E-state index contributed by atoms with van der Waals surface area (Å²) in [6.07, 6.45) is -0.00937. The highest BCUT2D eigenvalue weighted by Gasteiger charge is 2.23. The first-order valence-corrected chi connectivity index (χ1v) is 13.1. The van der Waals surface area contributed by atoms with Gasteiger partial charge in [-0.15, -0.1) is 0 Å². The van der Waals surface area contributed by atoms with Gasteiger partial charge in [-0.1, -0.05) is 71.9 Å². The van der Waals surface area contributed by atoms with Crippen LogP contribution in [-0.4, -0.2) is 56.2 Å². The van der Waals surface area contributed by atoms with Crippen LogP contribution in [-0.2, 0) is 16.0 Å². The molecule has 1 aliphatic rings. The minimum Gasteiger partial charge on any atom is -0.448 e. The topological polar surface area (TPSA) is 61.9 Å². The van der Waals surface area contributed by atoms with Gasteiger partial charge in [0.2, 0.25) is 5.91 Å². The van der Waals surface area contributed by atoms with E-state index in [4.69, 9.17) is 4.74 Å². The number of nitrogens with one attached hydrogen (secondary N) is 1. The Morgan fingerprint density at radius 3 is 2.36 bits per heavy atom. The first-order chi connectivity index (χ1) is 17.5. The summed E-state index contributed by atoms with van der Waals surface area (Å²) in [5, 5.41) is 2.81. The van der Waals surface area contributed by atoms with Crippen LogP contribution in [0.25, 0.3) is 0 Å². The lowest BCUT2D eigenvalue weighted by atomic mass is 10.1. The zero-order valence-electron chi connectivity index (χ0n) is 20.9. The number of carbonyl (C=O) groups excluding carboxylic acids is 2. The van der Waals surface area contributed by atoms with E-state index in [1.165, 1.54) is 26.6 Å². The molecule has 3 aromatic rings. The van der Waals surface area contributed by atoms with E-state index in [9.17, 15) is 9.59 Å². The van der Waals surface area contributed by atoms with Crippen LogP contribution >= 0.6 is 11.8 Å². The molecule has 0 aromatic heterocycles. The molecule has 0 aliphatic carbocycles. The van der Waals surface area contributed by atoms with E-state index in [-0.39, 0.29) is 18.6 Å². The van der Waals surface area contributed by atoms with Gasteiger partial charge in [0.15, 0.2) is 0 Å². The Bertz CT molecular complexity index is 1180. The fraction of sp³-hybridized carbons (Fsp3) is 0.310. The van der Waals surface area contributed by atoms with Gasteiger partial charge in [0, 0.05) is 36.0 Å². The molecule has 4 rings (SSSR count). The van der Waals surface area contributed by atoms with E-state index in [1.54, 1.807) is 16.7 Å². The summed E-state index contributed by atoms with van der Waals surface area (Å²) in [6.45, 7) is 7.42. The molecule has 6 nitrogen and oxygen atoms in total. The largest absolute Gasteiger partial charge is 0.448 e. The van der Waals surface area contributed by atoms with E-state index in [1.807, 2.05) is 30.3 Å². The summed E-state index contributed by atoms with van der Waals surface area (Å²) in [4.78, 5) is 31.1. The third-order valence-electron chi connectivity index (χ3n) is 6.15. The number of rotatable bonds is 8. The number of anilines is 1. The maximum Gasteiger partial charge on any atom is 0.409 e. The first kappa shape index (κ1) is 25.6. The maximum atomic E-state index is 12.5. The van der Waals surface area contributed by atoms with Crippen LogP contribution in [0.15, 0.2) is 82.6 Å². The van der Waals surface area contributed by atoms with Gasteiger partial charge < -0.3 is 19.9 Å². The highest BCUT2D eigenvalue weighted by molar-refractivity contribution is 7.99. The Kier molecular flexibility index (Phi) is 8.90. The second kappa shape index (κ2) is 12.5. The molecular weight excluding hydrogens is 470 g/mol. The van der Waals surface area contributed by atoms with Gasteiger partial charge in [0.05, 0.1) is 18.7 Å². The normalized spacial score (nSPS) is 13.4. The maximum absolute atomic E-state index is 12.5. The molecular formula is C29H33N3O3S. The van der Waals surface area contributed by atoms with Crippen molar-refractivity contribution in [2.75, 3.05) is 44.2 Å². The molecule has 1 fully saturated rings. The number of ether oxygens (including phenoxy) is 1. The number of nitrogens with zero attached hydrogens (tertiary/aromatic N) is 2. The molecule has 1 saturated heterocycles. The van der Waals surface area contributed by atoms with Gasteiger partial charge in [-0.2, -0.15) is 0 Å². The highest BCUT2D eigenvalue weighted by Crippen LogP contribution is 2.37. The van der Waals surface area contributed by atoms with Crippen LogP contribution in [0.3, 0.4) is 0 Å². The third kappa shape index (κ3) is 7.04. The SMILES string of the molecule is Cc1ccc(Sc2ccccc2N2CCN(C(=O)OCCNC(=O)Cc3ccccc3)CC2)c(C)c1. The van der Waals surface area contributed by atoms with Crippen LogP contribution in [0.5, 0.6) is 0 Å². The molecule has 0 saturated carbocycles. The molecule has 3 aromatic carbocycles. The van der Waals surface area contributed by atoms with E-state index in [0.29, 0.717) is 26.1 Å². The van der Waals surface area contributed by atoms with Crippen LogP contribution in [0.4, 0.5) is 10.5 Å². The Morgan fingerprint density at radius 2 is 1.61 bits per heavy atom. The van der Waals surface area contributed by atoms with Crippen LogP contribution < -0.4 is 10.2 Å². The monoisotopic (exact) mass is 503 g/mol. The van der Waals surface area contributed by atoms with Crippen molar-refractivity contribution in [3.63, 3.8) is 0 Å². The van der Waals surface area contributed by atoms with Gasteiger partial charge in [-0.3, -0.25) is 4.79 Å². The summed E-state index contributed by atoms with van der Waals surface area (Å²) in [7, 11) is 0. The van der Waals surface area contributed by atoms with Crippen molar-refractivity contribution in [1.29, 1.82) is 0 Å². The third-order valence-corrected chi connectivity index (χ3v) is 7.39. The quantitative estimate of drug-likeness (QED) is 0.435. The summed E-state index contributed by atoms with van der Waals surface area (Å²) in [6, 6.07) is 24.6. The summed E-state index contributed by atoms with van der Waals surface area (Å²) in [5.74, 6) is -0.0803. The van der Waals surface area contributed by atoms with Crippen LogP contribution in [0, 0.1) is 13.8 Å². The van der Waals surface area contributed by atoms with Crippen LogP contribution in [0.2, 0.25) is 0 Å². The molecule has 0 atom stereocenters. The van der Waals surface area contributed by atoms with Gasteiger partial charge >= 0.3 is 6.09 Å². The zero-order valence-corrected chi connectivity index (χ0v) is 21.7. The predicted molar refractivity (Wildman–Crippen MR) is 145 cm³/mol. The van der Waals surface area contributed by atoms with Gasteiger partial charge in [-0.25, -0.2) is 4.79 Å². The molecule has 36 heavy (non-hydrogen) atoms. The number of piperazine rings is 1. The average molecular weight is 504 g/mol. The smallest absolute Gasteiger partial charge is 0.409 e. The van der Waals surface area contributed by atoms with E-state index in [0.717, 1.165) is 18.7 Å². The van der Waals surface area contributed by atoms with Crippen molar-refractivity contribution >= 4 is 29.4 Å². The van der Waals surface area contributed by atoms with Gasteiger partial charge in [0.25, 0.3) is 0 Å². The summed E-state index contributed by atoms with van der Waals surface area (Å²) < 4.78 is 5.40. The number of para-hydroxylation sites is 1. The second-order valence-corrected chi connectivity index (χ2v) is 10.0. The second-order valence-electron chi connectivity index (χ2n) is 8.94. The lowest BCUT2D eigenvalue weighted by Gasteiger charge is -2.36. The Labute approximate surface area is 217 Å². The first-order valence-electron chi connectivity index (χ1n) is 12.3. The number of amides is 2. The molecule has 1 N–H and O–H groups in total. The zero-order chi connectivity index (χ0) is 25.3. The average Bonchev–Trinajstić information content (AvgIpc) is 2.89. The van der Waals surface area contributed by atoms with Crippen molar-refractivity contribution in [3.8, 4) is 0 Å². The highest BCUT2D eigenvalue weighted by atomic mass is 32.2. The van der Waals surface area contributed by atoms with E-state index >= 15 is 0 Å². The summed E-state index contributed by atoms with van der Waals surface area (Å²) >= 11 is 1.79. The number of hydrogen-bond donors (Lipinski definition) is 1. The predicted octanol–water partition coefficient (Wildman–Crippen LogP) is 5.07. The lowest BCUT2D eigenvalue weighted by molar-refractivity contribution is -0.120. The van der Waals surface area contributed by atoms with Crippen molar-refractivity contribution in [3.05, 3.63) is 89.5 Å². The number of aryl methyl sites for hydroxylation is 2. The minimum absolute atomic E-state index is 0.0803. The standard InChI is InChI=1S/C29H33N3O3S/c1-22-12-13-26(23(2)20-22)36-27-11-7-6-10-25(27)31-15-17-32(18-16-31)29(34)35-19-14-30-28(33)21-24-8-4-3-5-9-24/h3-13,20H,14-19,21H2,1-2H3,(H,30,33). The van der Waals surface area contributed by atoms with Crippen LogP contribution in [0.1, 0.15) is 16.7 Å². The molecule has 0 unspecified atom stereocenters. The molecule has 0 spiro atoms.